The van der Waals surface area contributed by atoms with Gasteiger partial charge in [-0.05, 0) is 190 Å². The minimum Gasteiger partial charge on any atom is -0.313 e. The molecule has 18 rings (SSSR count). The van der Waals surface area contributed by atoms with Gasteiger partial charge in [0.2, 0.25) is 0 Å². The van der Waals surface area contributed by atoms with Gasteiger partial charge in [-0.2, -0.15) is 0 Å². The van der Waals surface area contributed by atoms with Crippen molar-refractivity contribution in [3.05, 3.63) is 319 Å². The molecule has 0 aliphatic heterocycles. The minimum atomic E-state index is 0.196. The lowest BCUT2D eigenvalue weighted by atomic mass is 9.82. The summed E-state index contributed by atoms with van der Waals surface area (Å²) in [7, 11) is 0. The summed E-state index contributed by atoms with van der Waals surface area (Å²) < 4.78 is 7.34. The maximum Gasteiger partial charge on any atom is 0.0542 e. The second-order valence-corrected chi connectivity index (χ2v) is 23.6. The van der Waals surface area contributed by atoms with Crippen molar-refractivity contribution in [2.45, 2.75) is 12.8 Å². The summed E-state index contributed by atoms with van der Waals surface area (Å²) in [5, 5.41) is 13.5. The molecule has 0 radical (unpaired) electrons. The normalized spacial score (nSPS) is 15.2. The van der Waals surface area contributed by atoms with Gasteiger partial charge in [-0.15, -0.1) is 0 Å². The van der Waals surface area contributed by atoms with Crippen LogP contribution in [0.15, 0.2) is 297 Å². The van der Waals surface area contributed by atoms with Gasteiger partial charge in [-0.25, -0.2) is 0 Å². The Bertz CT molecular complexity index is 5540. The lowest BCUT2D eigenvalue weighted by Crippen LogP contribution is -2.33. The summed E-state index contributed by atoms with van der Waals surface area (Å²) in [6, 6.07) is 98.9. The van der Waals surface area contributed by atoms with Crippen molar-refractivity contribution in [3.63, 3.8) is 0 Å². The van der Waals surface area contributed by atoms with Crippen molar-refractivity contribution in [2.75, 3.05) is 9.80 Å². The van der Waals surface area contributed by atoms with Crippen molar-refractivity contribution in [3.8, 4) is 17.1 Å². The molecule has 0 saturated heterocycles. The van der Waals surface area contributed by atoms with Gasteiger partial charge in [-0.3, -0.25) is 0 Å². The number of benzene rings is 12. The molecule has 12 aromatic carbocycles. The number of aromatic nitrogens is 3. The van der Waals surface area contributed by atoms with Crippen LogP contribution in [0.1, 0.15) is 17.7 Å². The molecule has 5 nitrogen and oxygen atoms in total. The lowest BCUT2D eigenvalue weighted by molar-refractivity contribution is 0.714. The zero-order valence-electron chi connectivity index (χ0n) is 47.7. The van der Waals surface area contributed by atoms with E-state index >= 15 is 0 Å². The molecule has 2 atom stereocenters. The zero-order valence-corrected chi connectivity index (χ0v) is 47.7. The molecule has 0 amide bonds. The van der Waals surface area contributed by atoms with Crippen LogP contribution in [-0.2, 0) is 6.42 Å². The highest BCUT2D eigenvalue weighted by Gasteiger charge is 2.28. The van der Waals surface area contributed by atoms with Crippen LogP contribution in [0.25, 0.3) is 111 Å². The van der Waals surface area contributed by atoms with Crippen molar-refractivity contribution in [1.29, 1.82) is 0 Å². The molecular formula is C82H57N5. The summed E-state index contributed by atoms with van der Waals surface area (Å²) in [6.07, 6.45) is 18.9. The van der Waals surface area contributed by atoms with Crippen molar-refractivity contribution in [1.82, 2.24) is 13.7 Å². The third-order valence-electron chi connectivity index (χ3n) is 18.6. The molecule has 15 aromatic rings. The number of anilines is 5. The molecular weight excluding hydrogens is 1050 g/mol. The fourth-order valence-corrected chi connectivity index (χ4v) is 14.7. The Labute approximate surface area is 503 Å². The van der Waals surface area contributed by atoms with E-state index in [-0.39, 0.29) is 11.8 Å². The van der Waals surface area contributed by atoms with Gasteiger partial charge >= 0.3 is 0 Å². The van der Waals surface area contributed by atoms with E-state index < -0.39 is 0 Å². The van der Waals surface area contributed by atoms with Crippen LogP contribution < -0.4 is 20.2 Å². The third kappa shape index (κ3) is 8.00. The molecule has 5 heteroatoms. The molecule has 3 aromatic heterocycles. The van der Waals surface area contributed by atoms with E-state index in [4.69, 9.17) is 0 Å². The highest BCUT2D eigenvalue weighted by molar-refractivity contribution is 6.14. The van der Waals surface area contributed by atoms with E-state index in [1.807, 2.05) is 0 Å². The van der Waals surface area contributed by atoms with E-state index in [1.54, 1.807) is 0 Å². The molecule has 0 N–H and O–H groups in total. The number of hydrogen-bond acceptors (Lipinski definition) is 2. The molecule has 87 heavy (non-hydrogen) atoms. The average Bonchev–Trinajstić information content (AvgIpc) is 1.79. The SMILES string of the molecule is C1=Cc2c(n(-c3ccccc3)c3ccc(N(C4=CC5C=c6ccccc6=CC5C=C4)c4ccc5c(c4)c4cc(N(c6ccc7cc8ccccc8cc7c6)c6ccc7c(c6)c6ccccc6n7-c6ccccc6)ccc4n5-c4ccccc4)cc23)CC1. The summed E-state index contributed by atoms with van der Waals surface area (Å²) in [5.74, 6) is 0.462. The standard InChI is InChI=1S/C82H57N5/c1-4-22-62(23-5-1)85-77-30-16-14-28-71(77)73-50-67(36-40-79(73)85)83(65-34-32-58-44-54-18-10-12-20-56(54)46-60(58)48-65)69-38-42-81-75(52-69)76-53-70(39-43-82(76)87(81)64-26-8-3-9-27-64)84(66-35-33-59-45-55-19-11-13-21-57(55)47-61(59)49-66)68-37-41-80-74(51-68)72-29-15-17-31-78(72)86(80)63-24-6-2-7-25-63/h1-16,18-30,32-53,59,61H,17,31H2. The second-order valence-electron chi connectivity index (χ2n) is 23.6. The third-order valence-corrected chi connectivity index (χ3v) is 18.6. The number of allylic oxidation sites excluding steroid dienone is 4. The number of rotatable bonds is 9. The predicted octanol–water partition coefficient (Wildman–Crippen LogP) is 19.7. The zero-order chi connectivity index (χ0) is 57.1. The summed E-state index contributed by atoms with van der Waals surface area (Å²) in [6.45, 7) is 0. The fourth-order valence-electron chi connectivity index (χ4n) is 14.7. The first-order valence-electron chi connectivity index (χ1n) is 30.5. The first kappa shape index (κ1) is 49.3. The van der Waals surface area contributed by atoms with E-state index in [9.17, 15) is 0 Å². The molecule has 2 unspecified atom stereocenters. The van der Waals surface area contributed by atoms with Gasteiger partial charge in [0.05, 0.1) is 27.6 Å². The molecule has 0 saturated carbocycles. The van der Waals surface area contributed by atoms with Crippen molar-refractivity contribution >= 4 is 123 Å². The summed E-state index contributed by atoms with van der Waals surface area (Å²) in [5.41, 5.74) is 18.6. The second kappa shape index (κ2) is 19.7. The highest BCUT2D eigenvalue weighted by Crippen LogP contribution is 2.46. The first-order chi connectivity index (χ1) is 43.1. The van der Waals surface area contributed by atoms with E-state index in [1.165, 1.54) is 92.4 Å². The Morgan fingerprint density at radius 2 is 0.759 bits per heavy atom. The molecule has 0 fully saturated rings. The molecule has 410 valence electrons. The Hall–Kier alpha value is -11.1. The van der Waals surface area contributed by atoms with E-state index in [2.05, 4.69) is 333 Å². The van der Waals surface area contributed by atoms with Gasteiger partial charge in [0.1, 0.15) is 0 Å². The van der Waals surface area contributed by atoms with Crippen LogP contribution in [0.4, 0.5) is 28.4 Å². The minimum absolute atomic E-state index is 0.196. The van der Waals surface area contributed by atoms with E-state index in [0.29, 0.717) is 0 Å². The predicted molar refractivity (Wildman–Crippen MR) is 366 cm³/mol. The van der Waals surface area contributed by atoms with Gasteiger partial charge < -0.3 is 23.5 Å². The molecule has 0 spiro atoms. The van der Waals surface area contributed by atoms with E-state index in [0.717, 1.165) is 69.4 Å². The average molecular weight is 1110 g/mol. The Morgan fingerprint density at radius 3 is 1.38 bits per heavy atom. The van der Waals surface area contributed by atoms with Gasteiger partial charge in [0, 0.05) is 101 Å². The van der Waals surface area contributed by atoms with Crippen LogP contribution in [0.5, 0.6) is 0 Å². The Morgan fingerprint density at radius 1 is 0.310 bits per heavy atom. The highest BCUT2D eigenvalue weighted by atomic mass is 15.2. The van der Waals surface area contributed by atoms with Crippen molar-refractivity contribution < 1.29 is 0 Å². The van der Waals surface area contributed by atoms with Gasteiger partial charge in [0.25, 0.3) is 0 Å². The van der Waals surface area contributed by atoms with Crippen LogP contribution in [0.2, 0.25) is 0 Å². The van der Waals surface area contributed by atoms with Crippen molar-refractivity contribution in [2.24, 2.45) is 11.8 Å². The number of nitrogens with zero attached hydrogens (tertiary/aromatic N) is 5. The monoisotopic (exact) mass is 1110 g/mol. The quantitative estimate of drug-likeness (QED) is 0.134. The van der Waals surface area contributed by atoms with Crippen LogP contribution in [0, 0.1) is 11.8 Å². The largest absolute Gasteiger partial charge is 0.313 e. The number of para-hydroxylation sites is 4. The Kier molecular flexibility index (Phi) is 11.2. The summed E-state index contributed by atoms with van der Waals surface area (Å²) >= 11 is 0. The summed E-state index contributed by atoms with van der Waals surface area (Å²) in [4.78, 5) is 4.99. The maximum absolute atomic E-state index is 2.51. The molecule has 3 aliphatic rings. The van der Waals surface area contributed by atoms with Crippen LogP contribution >= 0.6 is 0 Å². The topological polar surface area (TPSA) is 21.3 Å². The maximum atomic E-state index is 2.51. The van der Waals surface area contributed by atoms with Crippen LogP contribution in [-0.4, -0.2) is 13.7 Å². The smallest absolute Gasteiger partial charge is 0.0542 e. The fraction of sp³-hybridized carbons (Fsp3) is 0.0488. The molecule has 3 aliphatic carbocycles. The van der Waals surface area contributed by atoms with Crippen LogP contribution in [0.3, 0.4) is 0 Å². The Balaban J connectivity index is 0.865. The lowest BCUT2D eigenvalue weighted by Gasteiger charge is -2.32. The van der Waals surface area contributed by atoms with Gasteiger partial charge in [-0.1, -0.05) is 164 Å². The molecule has 3 heterocycles. The van der Waals surface area contributed by atoms with Gasteiger partial charge in [0.15, 0.2) is 0 Å². The number of hydrogen-bond donors (Lipinski definition) is 0. The number of fused-ring (bicyclic) bond motifs is 13. The first-order valence-corrected chi connectivity index (χ1v) is 30.5. The molecule has 0 bridgehead atoms.